The van der Waals surface area contributed by atoms with Crippen LogP contribution in [0.15, 0.2) is 30.3 Å². The smallest absolute Gasteiger partial charge is 0.269 e. The lowest BCUT2D eigenvalue weighted by Gasteiger charge is -2.04. The zero-order chi connectivity index (χ0) is 23.6. The molecule has 0 saturated carbocycles. The largest absolute Gasteiger partial charge is 0.351 e. The zero-order valence-electron chi connectivity index (χ0n) is 20.6. The summed E-state index contributed by atoms with van der Waals surface area (Å²) in [5, 5.41) is 10.7. The summed E-state index contributed by atoms with van der Waals surface area (Å²) in [6.07, 6.45) is 21.7. The lowest BCUT2D eigenvalue weighted by Crippen LogP contribution is -2.24. The van der Waals surface area contributed by atoms with E-state index in [0.717, 1.165) is 17.7 Å². The fraction of sp³-hybridized carbons (Fsp3) is 0.643. The van der Waals surface area contributed by atoms with Gasteiger partial charge in [0.25, 0.3) is 5.91 Å². The van der Waals surface area contributed by atoms with Gasteiger partial charge in [-0.05, 0) is 24.6 Å². The molecule has 2 N–H and O–H groups in total. The van der Waals surface area contributed by atoms with E-state index in [4.69, 9.17) is 11.6 Å². The number of carbonyl (C=O) groups excluding carboxylic acids is 1. The van der Waals surface area contributed by atoms with E-state index in [1.807, 2.05) is 24.3 Å². The Bertz CT molecular complexity index is 757. The Morgan fingerprint density at radius 2 is 1.27 bits per heavy atom. The topological polar surface area (TPSA) is 57.8 Å². The fourth-order valence-corrected chi connectivity index (χ4v) is 4.30. The minimum absolute atomic E-state index is 0.0938. The highest BCUT2D eigenvalue weighted by Crippen LogP contribution is 2.20. The molecule has 33 heavy (non-hydrogen) atoms. The maximum atomic E-state index is 12.3. The molecule has 0 radical (unpaired) electrons. The van der Waals surface area contributed by atoms with Gasteiger partial charge in [-0.25, -0.2) is 0 Å². The van der Waals surface area contributed by atoms with Gasteiger partial charge in [0.2, 0.25) is 0 Å². The molecule has 5 heteroatoms. The van der Waals surface area contributed by atoms with Crippen molar-refractivity contribution in [1.82, 2.24) is 15.5 Å². The van der Waals surface area contributed by atoms with Crippen molar-refractivity contribution in [3.8, 4) is 11.3 Å². The zero-order valence-corrected chi connectivity index (χ0v) is 21.4. The summed E-state index contributed by atoms with van der Waals surface area (Å²) in [6.45, 7) is 3.00. The highest BCUT2D eigenvalue weighted by atomic mass is 35.5. The van der Waals surface area contributed by atoms with Crippen LogP contribution < -0.4 is 5.32 Å². The predicted molar refractivity (Wildman–Crippen MR) is 141 cm³/mol. The third-order valence-corrected chi connectivity index (χ3v) is 6.53. The van der Waals surface area contributed by atoms with Crippen molar-refractivity contribution in [2.45, 2.75) is 110 Å². The fourth-order valence-electron chi connectivity index (χ4n) is 4.18. The van der Waals surface area contributed by atoms with E-state index < -0.39 is 0 Å². The first kappa shape index (κ1) is 27.4. The molecule has 0 bridgehead atoms. The highest BCUT2D eigenvalue weighted by Gasteiger charge is 2.10. The number of amides is 1. The lowest BCUT2D eigenvalue weighted by molar-refractivity contribution is 0.0948. The van der Waals surface area contributed by atoms with Crippen molar-refractivity contribution in [3.05, 3.63) is 41.0 Å². The maximum absolute atomic E-state index is 12.3. The number of benzene rings is 1. The summed E-state index contributed by atoms with van der Waals surface area (Å²) in [7, 11) is 0. The second-order valence-corrected chi connectivity index (χ2v) is 9.67. The van der Waals surface area contributed by atoms with Gasteiger partial charge in [-0.1, -0.05) is 127 Å². The van der Waals surface area contributed by atoms with Crippen molar-refractivity contribution in [2.75, 3.05) is 6.54 Å². The van der Waals surface area contributed by atoms with E-state index in [0.29, 0.717) is 17.3 Å². The molecule has 4 nitrogen and oxygen atoms in total. The number of hydrogen-bond acceptors (Lipinski definition) is 2. The normalized spacial score (nSPS) is 11.1. The van der Waals surface area contributed by atoms with E-state index in [-0.39, 0.29) is 5.91 Å². The highest BCUT2D eigenvalue weighted by molar-refractivity contribution is 6.30. The van der Waals surface area contributed by atoms with Gasteiger partial charge in [-0.3, -0.25) is 9.89 Å². The molecular formula is C28H44ClN3O. The van der Waals surface area contributed by atoms with Crippen LogP contribution in [0.3, 0.4) is 0 Å². The average molecular weight is 474 g/mol. The van der Waals surface area contributed by atoms with Crippen LogP contribution in [0.25, 0.3) is 11.3 Å². The van der Waals surface area contributed by atoms with Gasteiger partial charge in [0.15, 0.2) is 0 Å². The Labute approximate surface area is 206 Å². The number of aromatic amines is 1. The molecule has 0 atom stereocenters. The van der Waals surface area contributed by atoms with Gasteiger partial charge in [-0.15, -0.1) is 0 Å². The van der Waals surface area contributed by atoms with Crippen molar-refractivity contribution in [1.29, 1.82) is 0 Å². The second-order valence-electron chi connectivity index (χ2n) is 9.23. The summed E-state index contributed by atoms with van der Waals surface area (Å²) < 4.78 is 0. The average Bonchev–Trinajstić information content (AvgIpc) is 3.32. The molecule has 0 aliphatic heterocycles. The van der Waals surface area contributed by atoms with Gasteiger partial charge in [0, 0.05) is 17.1 Å². The Balaban J connectivity index is 1.39. The molecule has 0 saturated heterocycles. The third kappa shape index (κ3) is 12.3. The standard InChI is InChI=1S/C28H44ClN3O/c1-2-3-4-5-6-7-8-9-10-11-12-13-14-15-16-17-22-30-28(33)27-23-26(31-32-27)24-18-20-25(29)21-19-24/h18-21,23H,2-17,22H2,1H3,(H,30,33)(H,31,32). The van der Waals surface area contributed by atoms with Crippen LogP contribution in [0.2, 0.25) is 5.02 Å². The summed E-state index contributed by atoms with van der Waals surface area (Å²) in [5.74, 6) is -0.0938. The molecule has 1 heterocycles. The molecule has 0 aliphatic rings. The molecule has 1 aromatic carbocycles. The Morgan fingerprint density at radius 1 is 0.788 bits per heavy atom. The van der Waals surface area contributed by atoms with Crippen molar-refractivity contribution in [2.24, 2.45) is 0 Å². The van der Waals surface area contributed by atoms with Gasteiger partial charge in [0.05, 0.1) is 5.69 Å². The van der Waals surface area contributed by atoms with E-state index >= 15 is 0 Å². The second kappa shape index (κ2) is 17.6. The third-order valence-electron chi connectivity index (χ3n) is 6.28. The summed E-state index contributed by atoms with van der Waals surface area (Å²) >= 11 is 5.92. The molecule has 0 unspecified atom stereocenters. The van der Waals surface area contributed by atoms with E-state index in [9.17, 15) is 4.79 Å². The molecule has 0 aliphatic carbocycles. The van der Waals surface area contributed by atoms with Gasteiger partial charge >= 0.3 is 0 Å². The number of nitrogens with one attached hydrogen (secondary N) is 2. The molecule has 0 fully saturated rings. The van der Waals surface area contributed by atoms with Crippen LogP contribution in [0, 0.1) is 0 Å². The number of H-pyrrole nitrogens is 1. The molecular weight excluding hydrogens is 430 g/mol. The summed E-state index contributed by atoms with van der Waals surface area (Å²) in [4.78, 5) is 12.3. The SMILES string of the molecule is CCCCCCCCCCCCCCCCCCNC(=O)c1cc(-c2ccc(Cl)cc2)n[nH]1. The first-order chi connectivity index (χ1) is 16.2. The monoisotopic (exact) mass is 473 g/mol. The van der Waals surface area contributed by atoms with Crippen LogP contribution in [-0.4, -0.2) is 22.6 Å². The minimum atomic E-state index is -0.0938. The quantitative estimate of drug-likeness (QED) is 0.200. The number of unbranched alkanes of at least 4 members (excludes halogenated alkanes) is 15. The number of aromatic nitrogens is 2. The molecule has 1 aromatic heterocycles. The Hall–Kier alpha value is -1.81. The lowest BCUT2D eigenvalue weighted by atomic mass is 10.0. The van der Waals surface area contributed by atoms with Crippen molar-refractivity contribution >= 4 is 17.5 Å². The summed E-state index contributed by atoms with van der Waals surface area (Å²) in [5.41, 5.74) is 2.18. The molecule has 184 valence electrons. The van der Waals surface area contributed by atoms with Crippen LogP contribution in [0.1, 0.15) is 120 Å². The van der Waals surface area contributed by atoms with Crippen LogP contribution >= 0.6 is 11.6 Å². The summed E-state index contributed by atoms with van der Waals surface area (Å²) in [6, 6.07) is 9.23. The van der Waals surface area contributed by atoms with Gasteiger partial charge < -0.3 is 5.32 Å². The number of halogens is 1. The molecule has 1 amide bonds. The Morgan fingerprint density at radius 3 is 1.79 bits per heavy atom. The predicted octanol–water partition coefficient (Wildman–Crippen LogP) is 8.72. The van der Waals surface area contributed by atoms with E-state index in [1.54, 1.807) is 6.07 Å². The van der Waals surface area contributed by atoms with E-state index in [1.165, 1.54) is 96.3 Å². The number of hydrogen-bond donors (Lipinski definition) is 2. The van der Waals surface area contributed by atoms with Gasteiger partial charge in [0.1, 0.15) is 5.69 Å². The van der Waals surface area contributed by atoms with Crippen LogP contribution in [0.5, 0.6) is 0 Å². The number of carbonyl (C=O) groups is 1. The Kier molecular flexibility index (Phi) is 14.7. The molecule has 2 rings (SSSR count). The van der Waals surface area contributed by atoms with Crippen LogP contribution in [0.4, 0.5) is 0 Å². The van der Waals surface area contributed by atoms with Gasteiger partial charge in [-0.2, -0.15) is 5.10 Å². The number of nitrogens with zero attached hydrogens (tertiary/aromatic N) is 1. The van der Waals surface area contributed by atoms with E-state index in [2.05, 4.69) is 22.4 Å². The van der Waals surface area contributed by atoms with Crippen LogP contribution in [-0.2, 0) is 0 Å². The van der Waals surface area contributed by atoms with Crippen molar-refractivity contribution in [3.63, 3.8) is 0 Å². The number of rotatable bonds is 19. The first-order valence-electron chi connectivity index (χ1n) is 13.3. The van der Waals surface area contributed by atoms with Crippen molar-refractivity contribution < 1.29 is 4.79 Å². The first-order valence-corrected chi connectivity index (χ1v) is 13.7. The maximum Gasteiger partial charge on any atom is 0.269 e. The minimum Gasteiger partial charge on any atom is -0.351 e. The molecule has 2 aromatic rings. The molecule has 0 spiro atoms.